The van der Waals surface area contributed by atoms with Gasteiger partial charge in [-0.25, -0.2) is 0 Å². The molecule has 2 N–H and O–H groups in total. The number of nitrogens with one attached hydrogen (secondary N) is 1. The van der Waals surface area contributed by atoms with Crippen LogP contribution in [0.15, 0.2) is 0 Å². The first-order chi connectivity index (χ1) is 9.20. The molecule has 0 amide bonds. The van der Waals surface area contributed by atoms with E-state index in [4.69, 9.17) is 7.85 Å². The highest BCUT2D eigenvalue weighted by Gasteiger charge is 2.37. The molecule has 106 valence electrons. The van der Waals surface area contributed by atoms with Crippen LogP contribution in [0.25, 0.3) is 0 Å². The number of carboxylic acids is 1. The summed E-state index contributed by atoms with van der Waals surface area (Å²) in [5.41, 5.74) is 0. The molecule has 0 aromatic carbocycles. The smallest absolute Gasteiger partial charge is 0.308 e. The minimum Gasteiger partial charge on any atom is -0.481 e. The van der Waals surface area contributed by atoms with Gasteiger partial charge in [-0.3, -0.25) is 4.79 Å². The number of carbonyl (C=O) groups is 1. The van der Waals surface area contributed by atoms with Crippen molar-refractivity contribution < 1.29 is 9.90 Å². The summed E-state index contributed by atoms with van der Waals surface area (Å²) >= 11 is 0. The Morgan fingerprint density at radius 2 is 2.21 bits per heavy atom. The van der Waals surface area contributed by atoms with Crippen LogP contribution in [0.1, 0.15) is 32.1 Å². The van der Waals surface area contributed by atoms with Crippen LogP contribution in [-0.2, 0) is 4.79 Å². The zero-order chi connectivity index (χ0) is 13.7. The third-order valence-electron chi connectivity index (χ3n) is 4.50. The number of aliphatic carboxylic acids is 1. The third-order valence-corrected chi connectivity index (χ3v) is 4.50. The van der Waals surface area contributed by atoms with E-state index in [2.05, 4.69) is 10.2 Å². The molecule has 2 fully saturated rings. The average Bonchev–Trinajstić information content (AvgIpc) is 2.80. The van der Waals surface area contributed by atoms with E-state index in [0.717, 1.165) is 32.5 Å². The standard InChI is InChI=1S/C14H25BN2O2/c15-6-3-4-11-8-17(10-13(11)14(18)19)9-12-5-1-2-7-16-12/h11-13,16H,1-10H2,(H,18,19)/t11-,12?,13+/m0/s1. The first-order valence-corrected chi connectivity index (χ1v) is 7.59. The predicted molar refractivity (Wildman–Crippen MR) is 76.5 cm³/mol. The van der Waals surface area contributed by atoms with Crippen LogP contribution >= 0.6 is 0 Å². The molecule has 5 heteroatoms. The van der Waals surface area contributed by atoms with Crippen LogP contribution in [0.4, 0.5) is 0 Å². The van der Waals surface area contributed by atoms with Gasteiger partial charge in [0.1, 0.15) is 0 Å². The van der Waals surface area contributed by atoms with Crippen LogP contribution in [0.3, 0.4) is 0 Å². The van der Waals surface area contributed by atoms with Gasteiger partial charge in [0.15, 0.2) is 0 Å². The Bertz CT molecular complexity index is 295. The van der Waals surface area contributed by atoms with Gasteiger partial charge in [0.2, 0.25) is 0 Å². The minimum absolute atomic E-state index is 0.199. The molecule has 0 spiro atoms. The van der Waals surface area contributed by atoms with Gasteiger partial charge < -0.3 is 15.3 Å². The van der Waals surface area contributed by atoms with Gasteiger partial charge in [0.25, 0.3) is 0 Å². The van der Waals surface area contributed by atoms with E-state index in [1.54, 1.807) is 0 Å². The Balaban J connectivity index is 1.83. The molecule has 0 bridgehead atoms. The van der Waals surface area contributed by atoms with Gasteiger partial charge in [-0.05, 0) is 31.7 Å². The molecule has 2 heterocycles. The van der Waals surface area contributed by atoms with Crippen LogP contribution in [0.2, 0.25) is 6.32 Å². The molecule has 1 unspecified atom stereocenters. The molecule has 0 saturated carbocycles. The maximum absolute atomic E-state index is 11.3. The highest BCUT2D eigenvalue weighted by molar-refractivity contribution is 6.08. The topological polar surface area (TPSA) is 52.6 Å². The molecule has 0 aromatic heterocycles. The van der Waals surface area contributed by atoms with Crippen molar-refractivity contribution in [3.8, 4) is 0 Å². The predicted octanol–water partition coefficient (Wildman–Crippen LogP) is 1.13. The largest absolute Gasteiger partial charge is 0.481 e. The third kappa shape index (κ3) is 4.21. The summed E-state index contributed by atoms with van der Waals surface area (Å²) in [6, 6.07) is 0.552. The Morgan fingerprint density at radius 1 is 1.37 bits per heavy atom. The van der Waals surface area contributed by atoms with Crippen LogP contribution < -0.4 is 5.32 Å². The Morgan fingerprint density at radius 3 is 2.84 bits per heavy atom. The summed E-state index contributed by atoms with van der Waals surface area (Å²) in [6.45, 7) is 3.75. The monoisotopic (exact) mass is 264 g/mol. The summed E-state index contributed by atoms with van der Waals surface area (Å²) in [7, 11) is 5.54. The molecule has 19 heavy (non-hydrogen) atoms. The van der Waals surface area contributed by atoms with Gasteiger partial charge in [-0.15, -0.1) is 0 Å². The maximum atomic E-state index is 11.3. The zero-order valence-corrected chi connectivity index (χ0v) is 11.7. The lowest BCUT2D eigenvalue weighted by atomic mass is 9.88. The maximum Gasteiger partial charge on any atom is 0.308 e. The molecule has 4 nitrogen and oxygen atoms in total. The normalized spacial score (nSPS) is 32.5. The molecule has 2 rings (SSSR count). The SMILES string of the molecule is [B]CCC[C@H]1CN(CC2CCCCN2)C[C@H]1C(=O)O. The van der Waals surface area contributed by atoms with E-state index < -0.39 is 5.97 Å². The lowest BCUT2D eigenvalue weighted by molar-refractivity contribution is -0.142. The van der Waals surface area contributed by atoms with Crippen LogP contribution in [0, 0.1) is 11.8 Å². The van der Waals surface area contributed by atoms with E-state index in [-0.39, 0.29) is 11.8 Å². The fourth-order valence-corrected chi connectivity index (χ4v) is 3.45. The summed E-state index contributed by atoms with van der Waals surface area (Å²) in [4.78, 5) is 13.7. The van der Waals surface area contributed by atoms with Crippen molar-refractivity contribution in [3.05, 3.63) is 0 Å². The molecule has 3 atom stereocenters. The number of hydrogen-bond acceptors (Lipinski definition) is 3. The first-order valence-electron chi connectivity index (χ1n) is 7.59. The molecule has 2 aliphatic heterocycles. The van der Waals surface area contributed by atoms with Gasteiger partial charge in [-0.1, -0.05) is 19.2 Å². The highest BCUT2D eigenvalue weighted by atomic mass is 16.4. The second kappa shape index (κ2) is 7.29. The number of hydrogen-bond donors (Lipinski definition) is 2. The minimum atomic E-state index is -0.638. The highest BCUT2D eigenvalue weighted by Crippen LogP contribution is 2.28. The van der Waals surface area contributed by atoms with Crippen LogP contribution in [0.5, 0.6) is 0 Å². The molecular weight excluding hydrogens is 239 g/mol. The number of carboxylic acid groups (broad SMARTS) is 1. The van der Waals surface area contributed by atoms with Gasteiger partial charge >= 0.3 is 5.97 Å². The van der Waals surface area contributed by atoms with Crippen molar-refractivity contribution in [1.82, 2.24) is 10.2 Å². The number of piperidine rings is 1. The van der Waals surface area contributed by atoms with Crippen molar-refractivity contribution in [2.24, 2.45) is 11.8 Å². The Hall–Kier alpha value is -0.545. The second-order valence-corrected chi connectivity index (χ2v) is 6.00. The molecule has 2 radical (unpaired) electrons. The van der Waals surface area contributed by atoms with E-state index in [1.165, 1.54) is 19.3 Å². The van der Waals surface area contributed by atoms with E-state index in [1.807, 2.05) is 0 Å². The Labute approximate surface area is 117 Å². The Kier molecular flexibility index (Phi) is 5.70. The summed E-state index contributed by atoms with van der Waals surface area (Å²) in [5.74, 6) is -0.555. The second-order valence-electron chi connectivity index (χ2n) is 6.00. The van der Waals surface area contributed by atoms with Gasteiger partial charge in [0, 0.05) is 25.7 Å². The van der Waals surface area contributed by atoms with Crippen molar-refractivity contribution >= 4 is 13.8 Å². The van der Waals surface area contributed by atoms with Gasteiger partial charge in [-0.2, -0.15) is 0 Å². The summed E-state index contributed by atoms with van der Waals surface area (Å²) < 4.78 is 0. The van der Waals surface area contributed by atoms with E-state index in [0.29, 0.717) is 18.9 Å². The fourth-order valence-electron chi connectivity index (χ4n) is 3.45. The average molecular weight is 264 g/mol. The van der Waals surface area contributed by atoms with Crippen molar-refractivity contribution in [1.29, 1.82) is 0 Å². The van der Waals surface area contributed by atoms with Crippen molar-refractivity contribution in [3.63, 3.8) is 0 Å². The number of nitrogens with zero attached hydrogens (tertiary/aromatic N) is 1. The van der Waals surface area contributed by atoms with Crippen molar-refractivity contribution in [2.75, 3.05) is 26.2 Å². The molecule has 2 aliphatic rings. The quantitative estimate of drug-likeness (QED) is 0.706. The first kappa shape index (κ1) is 14.9. The lowest BCUT2D eigenvalue weighted by Crippen LogP contribution is -2.43. The fraction of sp³-hybridized carbons (Fsp3) is 0.929. The van der Waals surface area contributed by atoms with Crippen molar-refractivity contribution in [2.45, 2.75) is 44.5 Å². The number of likely N-dealkylation sites (tertiary alicyclic amines) is 1. The van der Waals surface area contributed by atoms with Gasteiger partial charge in [0.05, 0.1) is 13.8 Å². The number of rotatable bonds is 6. The molecule has 2 saturated heterocycles. The lowest BCUT2D eigenvalue weighted by Gasteiger charge is -2.28. The zero-order valence-electron chi connectivity index (χ0n) is 11.7. The molecular formula is C14H25BN2O2. The van der Waals surface area contributed by atoms with E-state index in [9.17, 15) is 9.90 Å². The van der Waals surface area contributed by atoms with E-state index >= 15 is 0 Å². The molecule has 0 aliphatic carbocycles. The summed E-state index contributed by atoms with van der Waals surface area (Å²) in [5, 5.41) is 12.9. The van der Waals surface area contributed by atoms with Crippen LogP contribution in [-0.4, -0.2) is 56.0 Å². The molecule has 0 aromatic rings. The summed E-state index contributed by atoms with van der Waals surface area (Å²) in [6.07, 6.45) is 6.33.